The van der Waals surface area contributed by atoms with E-state index in [4.69, 9.17) is 3.32 Å². The summed E-state index contributed by atoms with van der Waals surface area (Å²) >= 11 is 1.73. The van der Waals surface area contributed by atoms with Gasteiger partial charge in [0.1, 0.15) is 0 Å². The van der Waals surface area contributed by atoms with Crippen LogP contribution in [-0.2, 0) is 24.1 Å². The molecular formula is C7H10ClOTi. The molecule has 0 atom stereocenters. The van der Waals surface area contributed by atoms with Crippen molar-refractivity contribution in [3.05, 3.63) is 23.3 Å². The number of allylic oxidation sites excluding steroid dienone is 3. The van der Waals surface area contributed by atoms with E-state index < -0.39 is 0 Å². The quantitative estimate of drug-likeness (QED) is 0.611. The topological polar surface area (TPSA) is 9.23 Å². The van der Waals surface area contributed by atoms with Crippen LogP contribution in [0, 0.1) is 0 Å². The van der Waals surface area contributed by atoms with Crippen molar-refractivity contribution in [3.8, 4) is 0 Å². The summed E-state index contributed by atoms with van der Waals surface area (Å²) in [4.78, 5) is 0. The van der Waals surface area contributed by atoms with Crippen molar-refractivity contribution >= 4 is 12.4 Å². The third-order valence-corrected chi connectivity index (χ3v) is 1.76. The van der Waals surface area contributed by atoms with Crippen molar-refractivity contribution in [1.29, 1.82) is 0 Å². The molecule has 0 fully saturated rings. The van der Waals surface area contributed by atoms with Gasteiger partial charge in [-0.2, -0.15) is 0 Å². The molecule has 0 bridgehead atoms. The fourth-order valence-corrected chi connectivity index (χ4v) is 1.19. The van der Waals surface area contributed by atoms with Gasteiger partial charge < -0.3 is 0 Å². The molecule has 0 unspecified atom stereocenters. The Balaban J connectivity index is 0.000000810. The maximum atomic E-state index is 5.00. The summed E-state index contributed by atoms with van der Waals surface area (Å²) in [6.45, 7) is 2.91. The monoisotopic (exact) mass is 193 g/mol. The van der Waals surface area contributed by atoms with Gasteiger partial charge in [-0.1, -0.05) is 0 Å². The summed E-state index contributed by atoms with van der Waals surface area (Å²) in [7, 11) is 0. The van der Waals surface area contributed by atoms with E-state index in [0.717, 1.165) is 13.0 Å². The van der Waals surface area contributed by atoms with Crippen LogP contribution in [0.2, 0.25) is 0 Å². The molecular weight excluding hydrogens is 183 g/mol. The van der Waals surface area contributed by atoms with Crippen molar-refractivity contribution in [3.63, 3.8) is 0 Å². The SMILES string of the molecule is CC1=C(C[O][Ti])CC=C1.Cl. The van der Waals surface area contributed by atoms with E-state index in [-0.39, 0.29) is 12.4 Å². The van der Waals surface area contributed by atoms with E-state index in [2.05, 4.69) is 19.1 Å². The summed E-state index contributed by atoms with van der Waals surface area (Å²) < 4.78 is 5.00. The molecule has 1 nitrogen and oxygen atoms in total. The fraction of sp³-hybridized carbons (Fsp3) is 0.429. The Morgan fingerprint density at radius 3 is 2.80 bits per heavy atom. The first-order chi connectivity index (χ1) is 4.34. The number of hydrogen-bond acceptors (Lipinski definition) is 1. The van der Waals surface area contributed by atoms with Crippen molar-refractivity contribution in [2.24, 2.45) is 0 Å². The molecule has 0 saturated carbocycles. The van der Waals surface area contributed by atoms with Gasteiger partial charge >= 0.3 is 67.4 Å². The Hall–Kier alpha value is 0.444. The van der Waals surface area contributed by atoms with Gasteiger partial charge in [0.2, 0.25) is 0 Å². The Labute approximate surface area is 79.8 Å². The van der Waals surface area contributed by atoms with Crippen LogP contribution in [0.5, 0.6) is 0 Å². The maximum absolute atomic E-state index is 5.00. The molecule has 0 aromatic heterocycles. The van der Waals surface area contributed by atoms with Crippen LogP contribution in [0.4, 0.5) is 0 Å². The molecule has 1 rings (SSSR count). The Morgan fingerprint density at radius 1 is 1.70 bits per heavy atom. The zero-order valence-electron chi connectivity index (χ0n) is 5.89. The summed E-state index contributed by atoms with van der Waals surface area (Å²) in [5, 5.41) is 0. The first-order valence-corrected chi connectivity index (χ1v) is 3.62. The van der Waals surface area contributed by atoms with Crippen LogP contribution < -0.4 is 0 Å². The van der Waals surface area contributed by atoms with E-state index in [0.29, 0.717) is 0 Å². The van der Waals surface area contributed by atoms with E-state index in [1.807, 2.05) is 0 Å². The predicted molar refractivity (Wildman–Crippen MR) is 39.7 cm³/mol. The van der Waals surface area contributed by atoms with Crippen molar-refractivity contribution in [1.82, 2.24) is 0 Å². The Morgan fingerprint density at radius 2 is 2.40 bits per heavy atom. The molecule has 0 spiro atoms. The second-order valence-electron chi connectivity index (χ2n) is 2.18. The van der Waals surface area contributed by atoms with Crippen molar-refractivity contribution in [2.45, 2.75) is 13.3 Å². The summed E-state index contributed by atoms with van der Waals surface area (Å²) in [6.07, 6.45) is 5.40. The van der Waals surface area contributed by atoms with Gasteiger partial charge in [0.05, 0.1) is 0 Å². The van der Waals surface area contributed by atoms with Crippen LogP contribution in [0.15, 0.2) is 23.3 Å². The van der Waals surface area contributed by atoms with E-state index in [1.54, 1.807) is 20.8 Å². The average molecular weight is 193 g/mol. The van der Waals surface area contributed by atoms with Crippen LogP contribution >= 0.6 is 12.4 Å². The van der Waals surface area contributed by atoms with Crippen LogP contribution in [0.3, 0.4) is 0 Å². The summed E-state index contributed by atoms with van der Waals surface area (Å²) in [5.74, 6) is 0. The molecule has 0 saturated heterocycles. The van der Waals surface area contributed by atoms with Gasteiger partial charge in [-0.05, 0) is 0 Å². The maximum Gasteiger partial charge on any atom is -0.147 e. The third kappa shape index (κ3) is 2.59. The van der Waals surface area contributed by atoms with E-state index in [9.17, 15) is 0 Å². The second kappa shape index (κ2) is 5.14. The van der Waals surface area contributed by atoms with Crippen LogP contribution in [0.25, 0.3) is 0 Å². The number of rotatable bonds is 2. The molecule has 0 N–H and O–H groups in total. The van der Waals surface area contributed by atoms with E-state index in [1.165, 1.54) is 11.1 Å². The largest absolute Gasteiger partial charge is 0.147 e. The molecule has 0 amide bonds. The first kappa shape index (κ1) is 10.4. The van der Waals surface area contributed by atoms with E-state index >= 15 is 0 Å². The van der Waals surface area contributed by atoms with Crippen LogP contribution in [0.1, 0.15) is 13.3 Å². The third-order valence-electron chi connectivity index (χ3n) is 1.54. The molecule has 0 radical (unpaired) electrons. The minimum absolute atomic E-state index is 0. The van der Waals surface area contributed by atoms with Gasteiger partial charge in [0, 0.05) is 0 Å². The average Bonchev–Trinajstić information content (AvgIpc) is 2.18. The molecule has 0 aromatic rings. The Kier molecular flexibility index (Phi) is 5.37. The van der Waals surface area contributed by atoms with Gasteiger partial charge in [-0.3, -0.25) is 0 Å². The fourth-order valence-electron chi connectivity index (χ4n) is 0.917. The van der Waals surface area contributed by atoms with Gasteiger partial charge in [0.15, 0.2) is 0 Å². The molecule has 0 aliphatic heterocycles. The smallest absolute Gasteiger partial charge is 0.147 e. The van der Waals surface area contributed by atoms with Gasteiger partial charge in [-0.15, -0.1) is 12.4 Å². The molecule has 10 heavy (non-hydrogen) atoms. The molecule has 1 aliphatic carbocycles. The van der Waals surface area contributed by atoms with Crippen molar-refractivity contribution in [2.75, 3.05) is 6.61 Å². The second-order valence-corrected chi connectivity index (χ2v) is 2.63. The van der Waals surface area contributed by atoms with Crippen molar-refractivity contribution < 1.29 is 24.1 Å². The summed E-state index contributed by atoms with van der Waals surface area (Å²) in [5.41, 5.74) is 2.79. The summed E-state index contributed by atoms with van der Waals surface area (Å²) in [6, 6.07) is 0. The van der Waals surface area contributed by atoms with Crippen LogP contribution in [-0.4, -0.2) is 6.61 Å². The Bertz CT molecular complexity index is 163. The molecule has 3 heteroatoms. The minimum Gasteiger partial charge on any atom is -0.147 e. The predicted octanol–water partition coefficient (Wildman–Crippen LogP) is 2.16. The number of halogens is 1. The molecule has 0 heterocycles. The van der Waals surface area contributed by atoms with Gasteiger partial charge in [0.25, 0.3) is 0 Å². The zero-order chi connectivity index (χ0) is 6.69. The first-order valence-electron chi connectivity index (χ1n) is 2.98. The molecule has 0 aromatic carbocycles. The van der Waals surface area contributed by atoms with Gasteiger partial charge in [-0.25, -0.2) is 0 Å². The normalized spacial score (nSPS) is 15.6. The number of hydrogen-bond donors (Lipinski definition) is 0. The molecule has 55 valence electrons. The zero-order valence-corrected chi connectivity index (χ0v) is 8.26. The molecule has 1 aliphatic rings. The minimum atomic E-state index is 0. The standard InChI is InChI=1S/C7H9O.ClH.Ti/c1-6-3-2-4-7(6)5-8;;/h2-3H,4-5H2,1H3;1H;/q-1;;+1.